The molecule has 1 saturated heterocycles. The number of pyridine rings is 1. The normalized spacial score (nSPS) is 15.8. The van der Waals surface area contributed by atoms with Crippen LogP contribution in [0.3, 0.4) is 0 Å². The summed E-state index contributed by atoms with van der Waals surface area (Å²) in [5.41, 5.74) is 6.61. The summed E-state index contributed by atoms with van der Waals surface area (Å²) >= 11 is 0. The van der Waals surface area contributed by atoms with Crippen molar-refractivity contribution in [1.29, 1.82) is 5.26 Å². The molecule has 1 aliphatic heterocycles. The Morgan fingerprint density at radius 3 is 2.89 bits per heavy atom. The van der Waals surface area contributed by atoms with E-state index in [9.17, 15) is 4.79 Å². The molecule has 0 aromatic carbocycles. The highest BCUT2D eigenvalue weighted by Gasteiger charge is 2.19. The smallest absolute Gasteiger partial charge is 0.219 e. The fourth-order valence-corrected chi connectivity index (χ4v) is 2.25. The van der Waals surface area contributed by atoms with Gasteiger partial charge in [0.1, 0.15) is 11.9 Å². The van der Waals surface area contributed by atoms with Gasteiger partial charge in [-0.05, 0) is 12.5 Å². The SMILES string of the molecule is CC(=O)N1CCCN(c2ncc(N)cc2C#N)CC1. The van der Waals surface area contributed by atoms with Gasteiger partial charge in [0, 0.05) is 33.1 Å². The van der Waals surface area contributed by atoms with Crippen molar-refractivity contribution in [1.82, 2.24) is 9.88 Å². The summed E-state index contributed by atoms with van der Waals surface area (Å²) in [7, 11) is 0. The summed E-state index contributed by atoms with van der Waals surface area (Å²) in [4.78, 5) is 19.5. The Kier molecular flexibility index (Phi) is 3.85. The summed E-state index contributed by atoms with van der Waals surface area (Å²) in [6, 6.07) is 3.76. The van der Waals surface area contributed by atoms with Gasteiger partial charge in [-0.1, -0.05) is 0 Å². The lowest BCUT2D eigenvalue weighted by Crippen LogP contribution is -2.34. The standard InChI is InChI=1S/C13H17N5O/c1-10(19)17-3-2-4-18(6-5-17)13-11(8-14)7-12(15)9-16-13/h7,9H,2-6,15H2,1H3. The van der Waals surface area contributed by atoms with E-state index in [2.05, 4.69) is 11.1 Å². The molecule has 1 aliphatic rings. The first kappa shape index (κ1) is 13.1. The zero-order chi connectivity index (χ0) is 13.8. The highest BCUT2D eigenvalue weighted by molar-refractivity contribution is 5.73. The first-order chi connectivity index (χ1) is 9.11. The van der Waals surface area contributed by atoms with Crippen molar-refractivity contribution < 1.29 is 4.79 Å². The van der Waals surface area contributed by atoms with E-state index in [0.717, 1.165) is 19.5 Å². The first-order valence-electron chi connectivity index (χ1n) is 6.28. The molecule has 0 unspecified atom stereocenters. The van der Waals surface area contributed by atoms with Gasteiger partial charge in [0.2, 0.25) is 5.91 Å². The third-order valence-corrected chi connectivity index (χ3v) is 3.25. The molecule has 100 valence electrons. The molecular formula is C13H17N5O. The Morgan fingerprint density at radius 1 is 1.42 bits per heavy atom. The van der Waals surface area contributed by atoms with Crippen molar-refractivity contribution in [3.05, 3.63) is 17.8 Å². The van der Waals surface area contributed by atoms with Gasteiger partial charge in [0.15, 0.2) is 0 Å². The van der Waals surface area contributed by atoms with Gasteiger partial charge < -0.3 is 15.5 Å². The summed E-state index contributed by atoms with van der Waals surface area (Å²) in [5.74, 6) is 0.745. The van der Waals surface area contributed by atoms with Crippen molar-refractivity contribution in [3.8, 4) is 6.07 Å². The molecule has 0 aliphatic carbocycles. The quantitative estimate of drug-likeness (QED) is 0.797. The molecule has 0 radical (unpaired) electrons. The summed E-state index contributed by atoms with van der Waals surface area (Å²) < 4.78 is 0. The molecule has 2 N–H and O–H groups in total. The van der Waals surface area contributed by atoms with Crippen LogP contribution < -0.4 is 10.6 Å². The molecule has 0 saturated carbocycles. The molecule has 2 rings (SSSR count). The number of rotatable bonds is 1. The third kappa shape index (κ3) is 2.94. The minimum absolute atomic E-state index is 0.0904. The zero-order valence-corrected chi connectivity index (χ0v) is 11.0. The maximum absolute atomic E-state index is 11.4. The van der Waals surface area contributed by atoms with E-state index in [1.165, 1.54) is 0 Å². The highest BCUT2D eigenvalue weighted by Crippen LogP contribution is 2.20. The molecule has 1 aromatic heterocycles. The van der Waals surface area contributed by atoms with E-state index >= 15 is 0 Å². The lowest BCUT2D eigenvalue weighted by molar-refractivity contribution is -0.128. The number of nitrogen functional groups attached to an aromatic ring is 1. The number of amides is 1. The second-order valence-electron chi connectivity index (χ2n) is 4.60. The maximum atomic E-state index is 11.4. The highest BCUT2D eigenvalue weighted by atomic mass is 16.2. The van der Waals surface area contributed by atoms with Gasteiger partial charge in [-0.15, -0.1) is 0 Å². The molecule has 0 atom stereocenters. The van der Waals surface area contributed by atoms with Crippen LogP contribution >= 0.6 is 0 Å². The molecule has 19 heavy (non-hydrogen) atoms. The van der Waals surface area contributed by atoms with Crippen molar-refractivity contribution in [2.45, 2.75) is 13.3 Å². The number of aromatic nitrogens is 1. The number of anilines is 2. The summed E-state index contributed by atoms with van der Waals surface area (Å²) in [6.07, 6.45) is 2.43. The van der Waals surface area contributed by atoms with E-state index < -0.39 is 0 Å². The van der Waals surface area contributed by atoms with Gasteiger partial charge in [0.25, 0.3) is 0 Å². The van der Waals surface area contributed by atoms with Crippen LogP contribution in [0.15, 0.2) is 12.3 Å². The molecule has 0 bridgehead atoms. The van der Waals surface area contributed by atoms with Crippen molar-refractivity contribution >= 4 is 17.4 Å². The van der Waals surface area contributed by atoms with Crippen molar-refractivity contribution in [2.75, 3.05) is 36.8 Å². The topological polar surface area (TPSA) is 86.2 Å². The lowest BCUT2D eigenvalue weighted by Gasteiger charge is -2.23. The second-order valence-corrected chi connectivity index (χ2v) is 4.60. The Hall–Kier alpha value is -2.29. The monoisotopic (exact) mass is 259 g/mol. The van der Waals surface area contributed by atoms with Crippen LogP contribution in [0.2, 0.25) is 0 Å². The van der Waals surface area contributed by atoms with Crippen molar-refractivity contribution in [3.63, 3.8) is 0 Å². The summed E-state index contributed by atoms with van der Waals surface area (Å²) in [6.45, 7) is 4.47. The predicted molar refractivity (Wildman–Crippen MR) is 72.4 cm³/mol. The molecule has 1 amide bonds. The van der Waals surface area contributed by atoms with Gasteiger partial charge in [-0.3, -0.25) is 4.79 Å². The molecule has 6 nitrogen and oxygen atoms in total. The third-order valence-electron chi connectivity index (χ3n) is 3.25. The van der Waals surface area contributed by atoms with E-state index in [1.54, 1.807) is 19.2 Å². The number of nitrogens with zero attached hydrogens (tertiary/aromatic N) is 4. The van der Waals surface area contributed by atoms with Crippen molar-refractivity contribution in [2.24, 2.45) is 0 Å². The Morgan fingerprint density at radius 2 is 2.21 bits per heavy atom. The average molecular weight is 259 g/mol. The largest absolute Gasteiger partial charge is 0.397 e. The molecule has 2 heterocycles. The number of hydrogen-bond acceptors (Lipinski definition) is 5. The Balaban J connectivity index is 2.19. The fraction of sp³-hybridized carbons (Fsp3) is 0.462. The molecular weight excluding hydrogens is 242 g/mol. The van der Waals surface area contributed by atoms with E-state index in [-0.39, 0.29) is 5.91 Å². The minimum atomic E-state index is 0.0904. The van der Waals surface area contributed by atoms with Crippen LogP contribution in [-0.4, -0.2) is 42.0 Å². The average Bonchev–Trinajstić information content (AvgIpc) is 2.64. The van der Waals surface area contributed by atoms with E-state index in [4.69, 9.17) is 11.0 Å². The van der Waals surface area contributed by atoms with Crippen LogP contribution in [0.5, 0.6) is 0 Å². The lowest BCUT2D eigenvalue weighted by atomic mass is 10.2. The van der Waals surface area contributed by atoms with Gasteiger partial charge >= 0.3 is 0 Å². The Labute approximate surface area is 112 Å². The van der Waals surface area contributed by atoms with Crippen LogP contribution in [0, 0.1) is 11.3 Å². The summed E-state index contributed by atoms with van der Waals surface area (Å²) in [5, 5.41) is 9.15. The maximum Gasteiger partial charge on any atom is 0.219 e. The zero-order valence-electron chi connectivity index (χ0n) is 11.0. The number of nitrogens with two attached hydrogens (primary N) is 1. The molecule has 1 aromatic rings. The van der Waals surface area contributed by atoms with E-state index in [0.29, 0.717) is 30.2 Å². The van der Waals surface area contributed by atoms with Crippen LogP contribution in [0.4, 0.5) is 11.5 Å². The fourth-order valence-electron chi connectivity index (χ4n) is 2.25. The predicted octanol–water partition coefficient (Wildman–Crippen LogP) is 0.594. The van der Waals surface area contributed by atoms with Crippen LogP contribution in [-0.2, 0) is 4.79 Å². The second kappa shape index (κ2) is 5.57. The van der Waals surface area contributed by atoms with Crippen LogP contribution in [0.1, 0.15) is 18.9 Å². The number of carbonyl (C=O) groups is 1. The van der Waals surface area contributed by atoms with Gasteiger partial charge in [0.05, 0.1) is 17.4 Å². The Bertz CT molecular complexity index is 522. The number of hydrogen-bond donors (Lipinski definition) is 1. The van der Waals surface area contributed by atoms with E-state index in [1.807, 2.05) is 9.80 Å². The first-order valence-corrected chi connectivity index (χ1v) is 6.28. The van der Waals surface area contributed by atoms with Crippen LogP contribution in [0.25, 0.3) is 0 Å². The molecule has 1 fully saturated rings. The van der Waals surface area contributed by atoms with Gasteiger partial charge in [-0.2, -0.15) is 5.26 Å². The molecule has 0 spiro atoms. The van der Waals surface area contributed by atoms with Gasteiger partial charge in [-0.25, -0.2) is 4.98 Å². The number of carbonyl (C=O) groups excluding carboxylic acids is 1. The molecule has 6 heteroatoms. The number of nitriles is 1. The minimum Gasteiger partial charge on any atom is -0.397 e.